The molecule has 0 aliphatic heterocycles. The Morgan fingerprint density at radius 3 is 2.69 bits per heavy atom. The van der Waals surface area contributed by atoms with E-state index in [1.807, 2.05) is 25.4 Å². The summed E-state index contributed by atoms with van der Waals surface area (Å²) in [6.07, 6.45) is 1.82. The number of hydrogen-bond acceptors (Lipinski definition) is 2. The molecule has 1 heterocycles. The lowest BCUT2D eigenvalue weighted by Gasteiger charge is -2.10. The van der Waals surface area contributed by atoms with Crippen LogP contribution in [-0.4, -0.2) is 9.78 Å². The summed E-state index contributed by atoms with van der Waals surface area (Å²) < 4.78 is 15.1. The van der Waals surface area contributed by atoms with Gasteiger partial charge >= 0.3 is 0 Å². The molecule has 4 heteroatoms. The molecule has 0 aliphatic carbocycles. The molecule has 2 rings (SSSR count). The minimum absolute atomic E-state index is 0.233. The fourth-order valence-electron chi connectivity index (χ4n) is 1.57. The van der Waals surface area contributed by atoms with Crippen molar-refractivity contribution in [3.63, 3.8) is 0 Å². The SMILES string of the molecule is Cc1ccc(C(N)c2ccn(C)n2)cc1F. The average molecular weight is 219 g/mol. The maximum atomic E-state index is 13.4. The lowest BCUT2D eigenvalue weighted by Crippen LogP contribution is -2.13. The fraction of sp³-hybridized carbons (Fsp3) is 0.250. The summed E-state index contributed by atoms with van der Waals surface area (Å²) in [6, 6.07) is 6.49. The first-order chi connectivity index (χ1) is 7.58. The van der Waals surface area contributed by atoms with Crippen LogP contribution < -0.4 is 5.73 Å². The van der Waals surface area contributed by atoms with E-state index in [0.717, 1.165) is 11.3 Å². The molecule has 0 saturated carbocycles. The van der Waals surface area contributed by atoms with Crippen LogP contribution in [0.25, 0.3) is 0 Å². The highest BCUT2D eigenvalue weighted by atomic mass is 19.1. The molecule has 1 aromatic heterocycles. The number of halogens is 1. The molecule has 16 heavy (non-hydrogen) atoms. The van der Waals surface area contributed by atoms with Gasteiger partial charge in [-0.3, -0.25) is 4.68 Å². The molecular weight excluding hydrogens is 205 g/mol. The van der Waals surface area contributed by atoms with Gasteiger partial charge in [-0.15, -0.1) is 0 Å². The topological polar surface area (TPSA) is 43.8 Å². The van der Waals surface area contributed by atoms with Crippen LogP contribution >= 0.6 is 0 Å². The Hall–Kier alpha value is -1.68. The van der Waals surface area contributed by atoms with Crippen molar-refractivity contribution in [2.24, 2.45) is 12.8 Å². The highest BCUT2D eigenvalue weighted by molar-refractivity contribution is 5.30. The van der Waals surface area contributed by atoms with Crippen molar-refractivity contribution in [1.82, 2.24) is 9.78 Å². The van der Waals surface area contributed by atoms with Gasteiger partial charge in [0.05, 0.1) is 11.7 Å². The molecule has 84 valence electrons. The van der Waals surface area contributed by atoms with Crippen molar-refractivity contribution >= 4 is 0 Å². The van der Waals surface area contributed by atoms with Crippen molar-refractivity contribution in [2.75, 3.05) is 0 Å². The predicted octanol–water partition coefficient (Wildman–Crippen LogP) is 1.92. The smallest absolute Gasteiger partial charge is 0.126 e. The monoisotopic (exact) mass is 219 g/mol. The highest BCUT2D eigenvalue weighted by Crippen LogP contribution is 2.19. The number of benzene rings is 1. The lowest BCUT2D eigenvalue weighted by atomic mass is 10.0. The number of aryl methyl sites for hydroxylation is 2. The maximum absolute atomic E-state index is 13.4. The molecule has 1 atom stereocenters. The zero-order chi connectivity index (χ0) is 11.7. The van der Waals surface area contributed by atoms with E-state index in [4.69, 9.17) is 5.73 Å². The summed E-state index contributed by atoms with van der Waals surface area (Å²) in [5.74, 6) is -0.233. The zero-order valence-corrected chi connectivity index (χ0v) is 9.31. The molecular formula is C12H14FN3. The number of nitrogens with zero attached hydrogens (tertiary/aromatic N) is 2. The number of nitrogens with two attached hydrogens (primary N) is 1. The average Bonchev–Trinajstić information content (AvgIpc) is 2.68. The molecule has 2 N–H and O–H groups in total. The second-order valence-electron chi connectivity index (χ2n) is 3.90. The van der Waals surface area contributed by atoms with Gasteiger partial charge in [0.25, 0.3) is 0 Å². The molecule has 0 saturated heterocycles. The van der Waals surface area contributed by atoms with Crippen molar-refractivity contribution < 1.29 is 4.39 Å². The summed E-state index contributed by atoms with van der Waals surface area (Å²) in [5.41, 5.74) is 8.11. The molecule has 0 radical (unpaired) electrons. The van der Waals surface area contributed by atoms with Crippen LogP contribution in [0.1, 0.15) is 22.9 Å². The van der Waals surface area contributed by atoms with E-state index in [1.54, 1.807) is 17.7 Å². The maximum Gasteiger partial charge on any atom is 0.126 e. The van der Waals surface area contributed by atoms with E-state index in [0.29, 0.717) is 5.56 Å². The minimum Gasteiger partial charge on any atom is -0.319 e. The fourth-order valence-corrected chi connectivity index (χ4v) is 1.57. The minimum atomic E-state index is -0.378. The molecule has 0 aliphatic rings. The Morgan fingerprint density at radius 1 is 1.38 bits per heavy atom. The second-order valence-corrected chi connectivity index (χ2v) is 3.90. The van der Waals surface area contributed by atoms with Gasteiger partial charge in [-0.25, -0.2) is 4.39 Å². The predicted molar refractivity (Wildman–Crippen MR) is 60.4 cm³/mol. The summed E-state index contributed by atoms with van der Waals surface area (Å²) in [6.45, 7) is 1.73. The number of aromatic nitrogens is 2. The van der Waals surface area contributed by atoms with Gasteiger partial charge in [0.2, 0.25) is 0 Å². The third-order valence-corrected chi connectivity index (χ3v) is 2.61. The van der Waals surface area contributed by atoms with E-state index in [1.165, 1.54) is 6.07 Å². The Bertz CT molecular complexity index is 505. The van der Waals surface area contributed by atoms with Crippen molar-refractivity contribution in [2.45, 2.75) is 13.0 Å². The lowest BCUT2D eigenvalue weighted by molar-refractivity contribution is 0.613. The Morgan fingerprint density at radius 2 is 2.12 bits per heavy atom. The van der Waals surface area contributed by atoms with Gasteiger partial charge in [-0.1, -0.05) is 12.1 Å². The first-order valence-corrected chi connectivity index (χ1v) is 5.09. The van der Waals surface area contributed by atoms with E-state index in [-0.39, 0.29) is 11.9 Å². The van der Waals surface area contributed by atoms with Crippen LogP contribution in [0.15, 0.2) is 30.5 Å². The van der Waals surface area contributed by atoms with Crippen LogP contribution in [0, 0.1) is 12.7 Å². The van der Waals surface area contributed by atoms with Gasteiger partial charge in [0.15, 0.2) is 0 Å². The van der Waals surface area contributed by atoms with Crippen LogP contribution in [0.4, 0.5) is 4.39 Å². The van der Waals surface area contributed by atoms with Gasteiger partial charge in [-0.2, -0.15) is 5.10 Å². The van der Waals surface area contributed by atoms with Gasteiger partial charge in [-0.05, 0) is 30.2 Å². The van der Waals surface area contributed by atoms with Gasteiger partial charge in [0, 0.05) is 13.2 Å². The summed E-state index contributed by atoms with van der Waals surface area (Å²) in [5, 5.41) is 4.21. The summed E-state index contributed by atoms with van der Waals surface area (Å²) >= 11 is 0. The Labute approximate surface area is 93.7 Å². The third kappa shape index (κ3) is 1.97. The van der Waals surface area contributed by atoms with Crippen LogP contribution in [0.5, 0.6) is 0 Å². The first kappa shape index (κ1) is 10.8. The molecule has 0 spiro atoms. The van der Waals surface area contributed by atoms with Crippen molar-refractivity contribution in [1.29, 1.82) is 0 Å². The van der Waals surface area contributed by atoms with Crippen molar-refractivity contribution in [3.05, 3.63) is 53.1 Å². The van der Waals surface area contributed by atoms with Crippen LogP contribution in [0.3, 0.4) is 0 Å². The van der Waals surface area contributed by atoms with Crippen molar-refractivity contribution in [3.8, 4) is 0 Å². The molecule has 3 nitrogen and oxygen atoms in total. The van der Waals surface area contributed by atoms with Crippen LogP contribution in [-0.2, 0) is 7.05 Å². The normalized spacial score (nSPS) is 12.8. The number of rotatable bonds is 2. The van der Waals surface area contributed by atoms with E-state index in [9.17, 15) is 4.39 Å². The summed E-state index contributed by atoms with van der Waals surface area (Å²) in [4.78, 5) is 0. The van der Waals surface area contributed by atoms with Gasteiger partial charge < -0.3 is 5.73 Å². The van der Waals surface area contributed by atoms with E-state index >= 15 is 0 Å². The second kappa shape index (κ2) is 4.06. The molecule has 1 unspecified atom stereocenters. The standard InChI is InChI=1S/C12H14FN3/c1-8-3-4-9(7-10(8)13)12(14)11-5-6-16(2)15-11/h3-7,12H,14H2,1-2H3. The Balaban J connectivity index is 2.33. The first-order valence-electron chi connectivity index (χ1n) is 5.09. The van der Waals surface area contributed by atoms with Crippen LogP contribution in [0.2, 0.25) is 0 Å². The molecule has 0 amide bonds. The third-order valence-electron chi connectivity index (χ3n) is 2.61. The largest absolute Gasteiger partial charge is 0.319 e. The number of hydrogen-bond donors (Lipinski definition) is 1. The zero-order valence-electron chi connectivity index (χ0n) is 9.31. The molecule has 1 aromatic carbocycles. The highest BCUT2D eigenvalue weighted by Gasteiger charge is 2.12. The Kier molecular flexibility index (Phi) is 2.75. The molecule has 2 aromatic rings. The molecule has 0 fully saturated rings. The quantitative estimate of drug-likeness (QED) is 0.838. The van der Waals surface area contributed by atoms with E-state index in [2.05, 4.69) is 5.10 Å². The summed E-state index contributed by atoms with van der Waals surface area (Å²) in [7, 11) is 1.83. The van der Waals surface area contributed by atoms with E-state index < -0.39 is 0 Å². The van der Waals surface area contributed by atoms with Gasteiger partial charge in [0.1, 0.15) is 5.82 Å². The molecule has 0 bridgehead atoms.